The Bertz CT molecular complexity index is 752. The minimum Gasteiger partial charge on any atom is -0.497 e. The van der Waals surface area contributed by atoms with Gasteiger partial charge >= 0.3 is 0 Å². The van der Waals surface area contributed by atoms with E-state index in [-0.39, 0.29) is 35.6 Å². The zero-order valence-corrected chi connectivity index (χ0v) is 18.1. The van der Waals surface area contributed by atoms with Crippen LogP contribution >= 0.6 is 0 Å². The van der Waals surface area contributed by atoms with E-state index in [1.165, 1.54) is 0 Å². The number of benzene rings is 1. The predicted octanol–water partition coefficient (Wildman–Crippen LogP) is 2.36. The number of amides is 3. The molecule has 3 amide bonds. The summed E-state index contributed by atoms with van der Waals surface area (Å²) in [7, 11) is 1.57. The minimum atomic E-state index is -0.619. The van der Waals surface area contributed by atoms with E-state index in [4.69, 9.17) is 4.74 Å². The largest absolute Gasteiger partial charge is 0.497 e. The number of nitrogens with one attached hydrogen (secondary N) is 2. The van der Waals surface area contributed by atoms with Crippen LogP contribution in [0, 0.1) is 11.8 Å². The van der Waals surface area contributed by atoms with E-state index >= 15 is 0 Å². The summed E-state index contributed by atoms with van der Waals surface area (Å²) in [5, 5.41) is 5.96. The molecule has 1 aliphatic carbocycles. The molecule has 2 N–H and O–H groups in total. The molecule has 1 aromatic rings. The fraction of sp³-hybridized carbons (Fsp3) is 0.609. The molecular formula is C23H33N3O4. The number of carbonyl (C=O) groups excluding carboxylic acids is 3. The van der Waals surface area contributed by atoms with Crippen molar-refractivity contribution >= 4 is 17.7 Å². The molecule has 1 saturated carbocycles. The SMILES string of the molecule is CCC(C)NC(=O)C(NC(=O)c1ccc(OC)cc1)C1CCN(C(=O)C2CC2)CC1. The first-order valence-corrected chi connectivity index (χ1v) is 11.0. The van der Waals surface area contributed by atoms with E-state index < -0.39 is 6.04 Å². The highest BCUT2D eigenvalue weighted by atomic mass is 16.5. The molecule has 2 atom stereocenters. The highest BCUT2D eigenvalue weighted by Gasteiger charge is 2.38. The summed E-state index contributed by atoms with van der Waals surface area (Å²) in [4.78, 5) is 40.1. The second-order valence-electron chi connectivity index (χ2n) is 8.43. The van der Waals surface area contributed by atoms with E-state index in [9.17, 15) is 14.4 Å². The summed E-state index contributed by atoms with van der Waals surface area (Å²) in [5.41, 5.74) is 0.485. The van der Waals surface area contributed by atoms with Gasteiger partial charge in [0.15, 0.2) is 0 Å². The number of nitrogens with zero attached hydrogens (tertiary/aromatic N) is 1. The molecule has 0 bridgehead atoms. The van der Waals surface area contributed by atoms with E-state index in [2.05, 4.69) is 10.6 Å². The molecule has 3 rings (SSSR count). The zero-order chi connectivity index (χ0) is 21.7. The van der Waals surface area contributed by atoms with Crippen LogP contribution in [0.1, 0.15) is 56.3 Å². The molecule has 1 aromatic carbocycles. The Morgan fingerprint density at radius 2 is 1.70 bits per heavy atom. The standard InChI is InChI=1S/C23H33N3O4/c1-4-15(2)24-22(28)20(25-21(27)17-7-9-19(30-3)10-8-17)16-11-13-26(14-12-16)23(29)18-5-6-18/h7-10,15-16,18,20H,4-6,11-14H2,1-3H3,(H,24,28)(H,25,27). The van der Waals surface area contributed by atoms with E-state index in [0.29, 0.717) is 37.2 Å². The normalized spacial score (nSPS) is 19.0. The molecule has 1 saturated heterocycles. The van der Waals surface area contributed by atoms with Crippen molar-refractivity contribution in [3.8, 4) is 5.75 Å². The number of hydrogen-bond donors (Lipinski definition) is 2. The molecule has 1 heterocycles. The first kappa shape index (κ1) is 22.1. The fourth-order valence-electron chi connectivity index (χ4n) is 3.84. The van der Waals surface area contributed by atoms with Gasteiger partial charge in [0.1, 0.15) is 11.8 Å². The second kappa shape index (κ2) is 9.96. The third kappa shape index (κ3) is 5.52. The number of likely N-dealkylation sites (tertiary alicyclic amines) is 1. The molecular weight excluding hydrogens is 382 g/mol. The van der Waals surface area contributed by atoms with Crippen LogP contribution in [0.15, 0.2) is 24.3 Å². The molecule has 0 aromatic heterocycles. The number of carbonyl (C=O) groups is 3. The van der Waals surface area contributed by atoms with Crippen LogP contribution in [0.25, 0.3) is 0 Å². The number of rotatable bonds is 8. The van der Waals surface area contributed by atoms with Crippen LogP contribution in [-0.4, -0.2) is 54.9 Å². The molecule has 2 aliphatic rings. The smallest absolute Gasteiger partial charge is 0.251 e. The molecule has 30 heavy (non-hydrogen) atoms. The minimum absolute atomic E-state index is 0.000456. The van der Waals surface area contributed by atoms with Gasteiger partial charge in [0.05, 0.1) is 7.11 Å². The van der Waals surface area contributed by atoms with Gasteiger partial charge in [-0.05, 0) is 69.2 Å². The summed E-state index contributed by atoms with van der Waals surface area (Å²) in [6.07, 6.45) is 4.23. The summed E-state index contributed by atoms with van der Waals surface area (Å²) in [6, 6.07) is 6.25. The van der Waals surface area contributed by atoms with E-state index in [0.717, 1.165) is 19.3 Å². The average molecular weight is 416 g/mol. The number of ether oxygens (including phenoxy) is 1. The van der Waals surface area contributed by atoms with Crippen LogP contribution in [0.5, 0.6) is 5.75 Å². The predicted molar refractivity (Wildman–Crippen MR) is 114 cm³/mol. The van der Waals surface area contributed by atoms with Gasteiger partial charge in [-0.25, -0.2) is 0 Å². The highest BCUT2D eigenvalue weighted by Crippen LogP contribution is 2.33. The van der Waals surface area contributed by atoms with Crippen molar-refractivity contribution in [2.24, 2.45) is 11.8 Å². The van der Waals surface area contributed by atoms with Crippen molar-refractivity contribution in [2.45, 2.75) is 58.0 Å². The number of methoxy groups -OCH3 is 1. The Kier molecular flexibility index (Phi) is 7.34. The highest BCUT2D eigenvalue weighted by molar-refractivity contribution is 5.97. The summed E-state index contributed by atoms with van der Waals surface area (Å²) < 4.78 is 5.14. The molecule has 0 spiro atoms. The number of hydrogen-bond acceptors (Lipinski definition) is 4. The van der Waals surface area contributed by atoms with E-state index in [1.54, 1.807) is 31.4 Å². The molecule has 2 fully saturated rings. The lowest BCUT2D eigenvalue weighted by molar-refractivity contribution is -0.134. The Morgan fingerprint density at radius 3 is 2.23 bits per heavy atom. The summed E-state index contributed by atoms with van der Waals surface area (Å²) in [6.45, 7) is 5.26. The van der Waals surface area contributed by atoms with E-state index in [1.807, 2.05) is 18.7 Å². The molecule has 1 aliphatic heterocycles. The summed E-state index contributed by atoms with van der Waals surface area (Å²) in [5.74, 6) is 0.693. The first-order valence-electron chi connectivity index (χ1n) is 11.0. The second-order valence-corrected chi connectivity index (χ2v) is 8.43. The van der Waals surface area contributed by atoms with Crippen molar-refractivity contribution in [3.05, 3.63) is 29.8 Å². The quantitative estimate of drug-likeness (QED) is 0.682. The van der Waals surface area contributed by atoms with Crippen LogP contribution in [-0.2, 0) is 9.59 Å². The first-order chi connectivity index (χ1) is 14.4. The van der Waals surface area contributed by atoms with Crippen LogP contribution < -0.4 is 15.4 Å². The Labute approximate surface area is 178 Å². The maximum atomic E-state index is 13.0. The van der Waals surface area contributed by atoms with Crippen molar-refractivity contribution < 1.29 is 19.1 Å². The average Bonchev–Trinajstić information content (AvgIpc) is 3.62. The lowest BCUT2D eigenvalue weighted by Crippen LogP contribution is -2.55. The molecule has 7 nitrogen and oxygen atoms in total. The maximum absolute atomic E-state index is 13.0. The van der Waals surface area contributed by atoms with Crippen LogP contribution in [0.4, 0.5) is 0 Å². The van der Waals surface area contributed by atoms with Gasteiger partial charge in [-0.3, -0.25) is 14.4 Å². The van der Waals surface area contributed by atoms with Gasteiger partial charge in [-0.2, -0.15) is 0 Å². The van der Waals surface area contributed by atoms with Gasteiger partial charge < -0.3 is 20.3 Å². The van der Waals surface area contributed by atoms with Crippen LogP contribution in [0.2, 0.25) is 0 Å². The fourth-order valence-corrected chi connectivity index (χ4v) is 3.84. The molecule has 7 heteroatoms. The molecule has 0 radical (unpaired) electrons. The molecule has 164 valence electrons. The zero-order valence-electron chi connectivity index (χ0n) is 18.1. The lowest BCUT2D eigenvalue weighted by Gasteiger charge is -2.36. The topological polar surface area (TPSA) is 87.7 Å². The van der Waals surface area contributed by atoms with Crippen molar-refractivity contribution in [1.82, 2.24) is 15.5 Å². The van der Waals surface area contributed by atoms with Gasteiger partial charge in [0, 0.05) is 30.6 Å². The Hall–Kier alpha value is -2.57. The van der Waals surface area contributed by atoms with Crippen LogP contribution in [0.3, 0.4) is 0 Å². The third-order valence-electron chi connectivity index (χ3n) is 6.17. The van der Waals surface area contributed by atoms with Gasteiger partial charge in [-0.1, -0.05) is 6.92 Å². The van der Waals surface area contributed by atoms with Crippen molar-refractivity contribution in [1.29, 1.82) is 0 Å². The van der Waals surface area contributed by atoms with Gasteiger partial charge in [0.2, 0.25) is 11.8 Å². The Balaban J connectivity index is 1.67. The van der Waals surface area contributed by atoms with Crippen molar-refractivity contribution in [3.63, 3.8) is 0 Å². The maximum Gasteiger partial charge on any atom is 0.251 e. The third-order valence-corrected chi connectivity index (χ3v) is 6.17. The lowest BCUT2D eigenvalue weighted by atomic mass is 9.88. The monoisotopic (exact) mass is 415 g/mol. The van der Waals surface area contributed by atoms with Gasteiger partial charge in [0.25, 0.3) is 5.91 Å². The van der Waals surface area contributed by atoms with Gasteiger partial charge in [-0.15, -0.1) is 0 Å². The Morgan fingerprint density at radius 1 is 1.07 bits per heavy atom. The summed E-state index contributed by atoms with van der Waals surface area (Å²) >= 11 is 0. The molecule has 2 unspecified atom stereocenters. The van der Waals surface area contributed by atoms with Crippen molar-refractivity contribution in [2.75, 3.05) is 20.2 Å². The number of piperidine rings is 1.